The summed E-state index contributed by atoms with van der Waals surface area (Å²) in [6.45, 7) is 2.74. The van der Waals surface area contributed by atoms with Crippen molar-refractivity contribution in [3.8, 4) is 17.0 Å². The second kappa shape index (κ2) is 10.0. The molecule has 0 aliphatic carbocycles. The molecule has 1 N–H and O–H groups in total. The molecule has 0 bridgehead atoms. The van der Waals surface area contributed by atoms with Crippen molar-refractivity contribution in [1.29, 1.82) is 0 Å². The van der Waals surface area contributed by atoms with Gasteiger partial charge in [-0.15, -0.1) is 23.1 Å². The minimum atomic E-state index is -0.451. The molecule has 0 radical (unpaired) electrons. The zero-order valence-electron chi connectivity index (χ0n) is 15.7. The maximum Gasteiger partial charge on any atom is 0.269 e. The third-order valence-electron chi connectivity index (χ3n) is 3.79. The van der Waals surface area contributed by atoms with Crippen molar-refractivity contribution in [1.82, 2.24) is 4.98 Å². The number of thiazole rings is 1. The number of nitrogens with zero attached hydrogens (tertiary/aromatic N) is 2. The molecular formula is C20H19N3O4S2. The standard InChI is InChI=1S/C20H19N3O4S2/c1-2-11-27-16-7-3-14(4-8-16)18-12-29-20(21-18)22-19(24)13-28-17-9-5-15(6-10-17)23(25)26/h3-10,12H,2,11,13H2,1H3,(H,21,22,24). The Hall–Kier alpha value is -2.91. The Morgan fingerprint density at radius 3 is 2.59 bits per heavy atom. The van der Waals surface area contributed by atoms with E-state index >= 15 is 0 Å². The van der Waals surface area contributed by atoms with Gasteiger partial charge in [0.15, 0.2) is 5.13 Å². The van der Waals surface area contributed by atoms with E-state index in [9.17, 15) is 14.9 Å². The Morgan fingerprint density at radius 2 is 1.93 bits per heavy atom. The average molecular weight is 430 g/mol. The topological polar surface area (TPSA) is 94.4 Å². The van der Waals surface area contributed by atoms with Gasteiger partial charge in [-0.05, 0) is 42.8 Å². The number of rotatable bonds is 9. The van der Waals surface area contributed by atoms with Gasteiger partial charge in [-0.1, -0.05) is 6.92 Å². The van der Waals surface area contributed by atoms with E-state index in [4.69, 9.17) is 4.74 Å². The highest BCUT2D eigenvalue weighted by atomic mass is 32.2. The first-order valence-corrected chi connectivity index (χ1v) is 10.8. The zero-order chi connectivity index (χ0) is 20.6. The maximum atomic E-state index is 12.2. The lowest BCUT2D eigenvalue weighted by Crippen LogP contribution is -2.13. The van der Waals surface area contributed by atoms with Gasteiger partial charge in [0.25, 0.3) is 5.69 Å². The average Bonchev–Trinajstić information content (AvgIpc) is 3.19. The fourth-order valence-electron chi connectivity index (χ4n) is 2.37. The summed E-state index contributed by atoms with van der Waals surface area (Å²) in [6, 6.07) is 13.8. The minimum Gasteiger partial charge on any atom is -0.494 e. The quantitative estimate of drug-likeness (QED) is 0.284. The number of nitro groups is 1. The largest absolute Gasteiger partial charge is 0.494 e. The summed E-state index contributed by atoms with van der Waals surface area (Å²) < 4.78 is 5.57. The number of nitrogens with one attached hydrogen (secondary N) is 1. The van der Waals surface area contributed by atoms with Gasteiger partial charge in [0.1, 0.15) is 5.75 Å². The molecule has 0 saturated carbocycles. The first kappa shape index (κ1) is 20.8. The highest BCUT2D eigenvalue weighted by molar-refractivity contribution is 8.00. The number of benzene rings is 2. The molecule has 0 fully saturated rings. The molecule has 1 heterocycles. The first-order chi connectivity index (χ1) is 14.0. The van der Waals surface area contributed by atoms with Gasteiger partial charge >= 0.3 is 0 Å². The lowest BCUT2D eigenvalue weighted by Gasteiger charge is -2.04. The van der Waals surface area contributed by atoms with Gasteiger partial charge in [0, 0.05) is 28.0 Å². The Kier molecular flexibility index (Phi) is 7.20. The van der Waals surface area contributed by atoms with Crippen molar-refractivity contribution >= 4 is 39.8 Å². The van der Waals surface area contributed by atoms with E-state index in [0.29, 0.717) is 11.7 Å². The lowest BCUT2D eigenvalue weighted by atomic mass is 10.2. The van der Waals surface area contributed by atoms with E-state index in [0.717, 1.165) is 28.3 Å². The van der Waals surface area contributed by atoms with Crippen LogP contribution in [0.15, 0.2) is 58.8 Å². The number of non-ortho nitro benzene ring substituents is 1. The van der Waals surface area contributed by atoms with Gasteiger partial charge in [-0.3, -0.25) is 14.9 Å². The molecular weight excluding hydrogens is 410 g/mol. The second-order valence-corrected chi connectivity index (χ2v) is 7.91. The summed E-state index contributed by atoms with van der Waals surface area (Å²) in [7, 11) is 0. The van der Waals surface area contributed by atoms with Crippen molar-refractivity contribution in [2.45, 2.75) is 18.2 Å². The van der Waals surface area contributed by atoms with Gasteiger partial charge in [0.05, 0.1) is 23.0 Å². The summed E-state index contributed by atoms with van der Waals surface area (Å²) >= 11 is 2.67. The molecule has 9 heteroatoms. The van der Waals surface area contributed by atoms with Crippen molar-refractivity contribution in [2.24, 2.45) is 0 Å². The fraction of sp³-hybridized carbons (Fsp3) is 0.200. The number of ether oxygens (including phenoxy) is 1. The molecule has 0 aliphatic rings. The number of aromatic nitrogens is 1. The van der Waals surface area contributed by atoms with Gasteiger partial charge in [0.2, 0.25) is 5.91 Å². The minimum absolute atomic E-state index is 0.0269. The normalized spacial score (nSPS) is 10.5. The number of hydrogen-bond donors (Lipinski definition) is 1. The van der Waals surface area contributed by atoms with Crippen LogP contribution in [0.25, 0.3) is 11.3 Å². The second-order valence-electron chi connectivity index (χ2n) is 6.00. The summed E-state index contributed by atoms with van der Waals surface area (Å²) in [5.74, 6) is 0.830. The molecule has 0 spiro atoms. The molecule has 1 amide bonds. The molecule has 0 aliphatic heterocycles. The SMILES string of the molecule is CCCOc1ccc(-c2csc(NC(=O)CSc3ccc([N+](=O)[O-])cc3)n2)cc1. The van der Waals surface area contributed by atoms with Crippen LogP contribution in [0.3, 0.4) is 0 Å². The number of thioether (sulfide) groups is 1. The number of amides is 1. The molecule has 3 aromatic rings. The third-order valence-corrected chi connectivity index (χ3v) is 5.56. The zero-order valence-corrected chi connectivity index (χ0v) is 17.3. The molecule has 29 heavy (non-hydrogen) atoms. The highest BCUT2D eigenvalue weighted by Crippen LogP contribution is 2.27. The third kappa shape index (κ3) is 6.03. The van der Waals surface area contributed by atoms with Crippen LogP contribution in [0.4, 0.5) is 10.8 Å². The first-order valence-electron chi connectivity index (χ1n) is 8.91. The summed E-state index contributed by atoms with van der Waals surface area (Å²) in [6.07, 6.45) is 0.958. The van der Waals surface area contributed by atoms with Crippen molar-refractivity contribution in [3.05, 3.63) is 64.0 Å². The fourth-order valence-corrected chi connectivity index (χ4v) is 3.81. The Labute approximate surface area is 176 Å². The van der Waals surface area contributed by atoms with E-state index in [1.165, 1.54) is 35.2 Å². The number of carbonyl (C=O) groups excluding carboxylic acids is 1. The van der Waals surface area contributed by atoms with E-state index in [1.54, 1.807) is 12.1 Å². The van der Waals surface area contributed by atoms with Gasteiger partial charge < -0.3 is 10.1 Å². The van der Waals surface area contributed by atoms with Crippen LogP contribution in [0, 0.1) is 10.1 Å². The Bertz CT molecular complexity index is 972. The van der Waals surface area contributed by atoms with Gasteiger partial charge in [-0.2, -0.15) is 0 Å². The van der Waals surface area contributed by atoms with E-state index < -0.39 is 4.92 Å². The van der Waals surface area contributed by atoms with Crippen LogP contribution in [0.1, 0.15) is 13.3 Å². The van der Waals surface area contributed by atoms with Crippen LogP contribution in [-0.4, -0.2) is 28.2 Å². The van der Waals surface area contributed by atoms with Crippen molar-refractivity contribution in [3.63, 3.8) is 0 Å². The summed E-state index contributed by atoms with van der Waals surface area (Å²) in [5.41, 5.74) is 1.76. The Balaban J connectivity index is 1.52. The van der Waals surface area contributed by atoms with Crippen LogP contribution >= 0.6 is 23.1 Å². The van der Waals surface area contributed by atoms with E-state index in [2.05, 4.69) is 17.2 Å². The molecule has 0 saturated heterocycles. The smallest absolute Gasteiger partial charge is 0.269 e. The maximum absolute atomic E-state index is 12.2. The number of anilines is 1. The number of hydrogen-bond acceptors (Lipinski definition) is 7. The molecule has 1 aromatic heterocycles. The van der Waals surface area contributed by atoms with Crippen LogP contribution in [-0.2, 0) is 4.79 Å². The number of carbonyl (C=O) groups is 1. The molecule has 0 unspecified atom stereocenters. The molecule has 7 nitrogen and oxygen atoms in total. The van der Waals surface area contributed by atoms with Crippen molar-refractivity contribution in [2.75, 3.05) is 17.7 Å². The van der Waals surface area contributed by atoms with Crippen LogP contribution in [0.5, 0.6) is 5.75 Å². The van der Waals surface area contributed by atoms with E-state index in [-0.39, 0.29) is 17.3 Å². The molecule has 0 atom stereocenters. The lowest BCUT2D eigenvalue weighted by molar-refractivity contribution is -0.384. The van der Waals surface area contributed by atoms with E-state index in [1.807, 2.05) is 29.6 Å². The van der Waals surface area contributed by atoms with Crippen molar-refractivity contribution < 1.29 is 14.5 Å². The number of nitro benzene ring substituents is 1. The monoisotopic (exact) mass is 429 g/mol. The highest BCUT2D eigenvalue weighted by Gasteiger charge is 2.10. The predicted octanol–water partition coefficient (Wildman–Crippen LogP) is 5.24. The van der Waals surface area contributed by atoms with Gasteiger partial charge in [-0.25, -0.2) is 4.98 Å². The predicted molar refractivity (Wildman–Crippen MR) is 116 cm³/mol. The summed E-state index contributed by atoms with van der Waals surface area (Å²) in [4.78, 5) is 27.6. The summed E-state index contributed by atoms with van der Waals surface area (Å²) in [5, 5.41) is 15.9. The molecule has 3 rings (SSSR count). The molecule has 150 valence electrons. The molecule has 2 aromatic carbocycles. The van der Waals surface area contributed by atoms with Crippen LogP contribution in [0.2, 0.25) is 0 Å². The Morgan fingerprint density at radius 1 is 1.21 bits per heavy atom. The van der Waals surface area contributed by atoms with Crippen LogP contribution < -0.4 is 10.1 Å².